The molecule has 540 valence electrons. The van der Waals surface area contributed by atoms with Crippen LogP contribution in [0.25, 0.3) is 208 Å². The first-order valence-corrected chi connectivity index (χ1v) is 39.9. The number of hydrogen-bond acceptors (Lipinski definition) is 1. The van der Waals surface area contributed by atoms with Gasteiger partial charge in [0.05, 0.1) is 0 Å². The molecule has 0 aliphatic carbocycles. The molecule has 21 aromatic carbocycles. The fourth-order valence-electron chi connectivity index (χ4n) is 17.1. The molecule has 0 atom stereocenters. The highest BCUT2D eigenvalue weighted by atomic mass is 16.3. The molecule has 0 unspecified atom stereocenters. The third-order valence-electron chi connectivity index (χ3n) is 21.9. The van der Waals surface area contributed by atoms with E-state index in [0.717, 1.165) is 21.9 Å². The number of benzene rings is 21. The summed E-state index contributed by atoms with van der Waals surface area (Å²) in [5.41, 5.74) is 19.6. The zero-order valence-corrected chi connectivity index (χ0v) is 64.7. The predicted octanol–water partition coefficient (Wildman–Crippen LogP) is 33.2. The minimum absolute atomic E-state index is 0.925. The van der Waals surface area contributed by atoms with E-state index in [9.17, 15) is 0 Å². The third-order valence-corrected chi connectivity index (χ3v) is 21.9. The lowest BCUT2D eigenvalue weighted by atomic mass is 9.84. The van der Waals surface area contributed by atoms with Gasteiger partial charge < -0.3 is 4.42 Å². The van der Waals surface area contributed by atoms with E-state index in [-0.39, 0.29) is 0 Å². The lowest BCUT2D eigenvalue weighted by molar-refractivity contribution is 0.669. The largest absolute Gasteiger partial charge is 0.456 e. The maximum absolute atomic E-state index is 6.10. The van der Waals surface area contributed by atoms with Crippen molar-refractivity contribution in [2.75, 3.05) is 0 Å². The van der Waals surface area contributed by atoms with Crippen molar-refractivity contribution < 1.29 is 4.42 Å². The molecule has 0 N–H and O–H groups in total. The number of para-hydroxylation sites is 1. The summed E-state index contributed by atoms with van der Waals surface area (Å²) in [5, 5.41) is 27.9. The molecule has 0 aliphatic rings. The van der Waals surface area contributed by atoms with Gasteiger partial charge in [-0.1, -0.05) is 424 Å². The second kappa shape index (κ2) is 32.3. The summed E-state index contributed by atoms with van der Waals surface area (Å²) in [5.74, 6) is 0. The van der Waals surface area contributed by atoms with E-state index in [1.807, 2.05) is 53.7 Å². The molecule has 0 aliphatic heterocycles. The van der Waals surface area contributed by atoms with Crippen LogP contribution < -0.4 is 0 Å². The summed E-state index contributed by atoms with van der Waals surface area (Å²) >= 11 is 0. The van der Waals surface area contributed by atoms with Gasteiger partial charge in [0, 0.05) is 10.8 Å². The van der Waals surface area contributed by atoms with Crippen LogP contribution >= 0.6 is 0 Å². The molecular formula is C112H86O. The normalized spacial score (nSPS) is 11.1. The van der Waals surface area contributed by atoms with Gasteiger partial charge in [-0.2, -0.15) is 0 Å². The molecule has 1 nitrogen and oxygen atoms in total. The Kier molecular flexibility index (Phi) is 20.6. The van der Waals surface area contributed by atoms with Crippen LogP contribution in [0.15, 0.2) is 417 Å². The van der Waals surface area contributed by atoms with Crippen molar-refractivity contribution in [2.45, 2.75) is 41.5 Å². The summed E-state index contributed by atoms with van der Waals surface area (Å²) < 4.78 is 6.10. The molecule has 0 fully saturated rings. The SMILES string of the molecule is CC.CC.CC.c1ccc(-c2c3ccccc3c(-c3ccc4oc5ccccc5c4c3)c3ccccc23)cc1.c1ccc2cc(-c3c4ccccc4c(-c4cccc5ccccc45)c4ccccc34)ccc2c1.c1ccc2cc(-c3ccc(-c4c5ccccc5c(-c5cccc6ccccc56)c5ccccc45)cc3)ccc2c1. The fourth-order valence-corrected chi connectivity index (χ4v) is 17.1. The topological polar surface area (TPSA) is 13.1 Å². The maximum Gasteiger partial charge on any atom is 0.135 e. The summed E-state index contributed by atoms with van der Waals surface area (Å²) in [7, 11) is 0. The van der Waals surface area contributed by atoms with E-state index in [4.69, 9.17) is 4.42 Å². The number of furan rings is 1. The van der Waals surface area contributed by atoms with Gasteiger partial charge in [0.25, 0.3) is 0 Å². The van der Waals surface area contributed by atoms with Crippen molar-refractivity contribution in [1.29, 1.82) is 0 Å². The van der Waals surface area contributed by atoms with Crippen molar-refractivity contribution in [2.24, 2.45) is 0 Å². The quantitative estimate of drug-likeness (QED) is 0.145. The maximum atomic E-state index is 6.10. The monoisotopic (exact) mass is 1450 g/mol. The molecule has 0 radical (unpaired) electrons. The van der Waals surface area contributed by atoms with E-state index >= 15 is 0 Å². The van der Waals surface area contributed by atoms with Crippen LogP contribution in [-0.4, -0.2) is 0 Å². The lowest BCUT2D eigenvalue weighted by Crippen LogP contribution is -1.91. The van der Waals surface area contributed by atoms with E-state index in [0.29, 0.717) is 0 Å². The van der Waals surface area contributed by atoms with Crippen molar-refractivity contribution in [1.82, 2.24) is 0 Å². The van der Waals surface area contributed by atoms with Gasteiger partial charge in [0.15, 0.2) is 0 Å². The molecule has 113 heavy (non-hydrogen) atoms. The first-order valence-electron chi connectivity index (χ1n) is 39.9. The van der Waals surface area contributed by atoms with E-state index in [1.54, 1.807) is 0 Å². The van der Waals surface area contributed by atoms with Crippen LogP contribution in [0.5, 0.6) is 0 Å². The highest BCUT2D eigenvalue weighted by Crippen LogP contribution is 2.50. The molecule has 0 saturated carbocycles. The van der Waals surface area contributed by atoms with E-state index < -0.39 is 0 Å². The molecule has 1 aromatic heterocycles. The predicted molar refractivity (Wildman–Crippen MR) is 494 cm³/mol. The second-order valence-electron chi connectivity index (χ2n) is 28.0. The van der Waals surface area contributed by atoms with Crippen molar-refractivity contribution in [3.8, 4) is 77.9 Å². The minimum Gasteiger partial charge on any atom is -0.456 e. The van der Waals surface area contributed by atoms with Crippen LogP contribution in [0, 0.1) is 0 Å². The standard InChI is InChI=1S/C40H26.C34H22.C32H20O.3C2H6/c1-2-12-31-26-32(25-22-27(31)10-1)28-20-23-30(24-21-28)39-35-15-5-7-17-37(35)40(38-18-8-6-16-36(38)39)34-19-9-13-29-11-3-4-14-33(29)34;1-2-12-25-22-26(21-20-23(25)10-1)33-29-15-5-7-17-31(29)34(32-18-8-6-16-30(32)33)28-19-9-13-24-11-3-4-14-27(24)28;1-2-10-21(11-3-1)31-24-13-4-6-15-26(24)32(27-16-7-5-14-25(27)31)22-18-19-30-28(20-22)23-12-8-9-17-29(23)33-30;3*1-2/h1-26H;1-22H;1-20H;3*1-2H3. The molecule has 22 aromatic rings. The van der Waals surface area contributed by atoms with Gasteiger partial charge >= 0.3 is 0 Å². The number of fused-ring (bicyclic) bond motifs is 13. The average molecular weight is 1450 g/mol. The van der Waals surface area contributed by atoms with Crippen LogP contribution in [0.1, 0.15) is 41.5 Å². The Morgan fingerprint density at radius 3 is 0.805 bits per heavy atom. The summed E-state index contributed by atoms with van der Waals surface area (Å²) in [6, 6.07) is 149. The van der Waals surface area contributed by atoms with Crippen LogP contribution in [0.4, 0.5) is 0 Å². The highest BCUT2D eigenvalue weighted by molar-refractivity contribution is 6.27. The lowest BCUT2D eigenvalue weighted by Gasteiger charge is -2.19. The van der Waals surface area contributed by atoms with Gasteiger partial charge in [0.1, 0.15) is 11.2 Å². The molecule has 0 amide bonds. The smallest absolute Gasteiger partial charge is 0.135 e. The summed E-state index contributed by atoms with van der Waals surface area (Å²) in [4.78, 5) is 0. The molecule has 22 rings (SSSR count). The van der Waals surface area contributed by atoms with Crippen molar-refractivity contribution in [3.63, 3.8) is 0 Å². The Morgan fingerprint density at radius 1 is 0.133 bits per heavy atom. The Morgan fingerprint density at radius 2 is 0.389 bits per heavy atom. The van der Waals surface area contributed by atoms with Crippen molar-refractivity contribution >= 4 is 130 Å². The Balaban J connectivity index is 0.000000119. The van der Waals surface area contributed by atoms with Crippen LogP contribution in [0.2, 0.25) is 0 Å². The molecule has 0 bridgehead atoms. The number of hydrogen-bond donors (Lipinski definition) is 0. The van der Waals surface area contributed by atoms with Crippen LogP contribution in [0.3, 0.4) is 0 Å². The summed E-state index contributed by atoms with van der Waals surface area (Å²) in [6.45, 7) is 12.0. The molecule has 0 saturated heterocycles. The Labute approximate surface area is 661 Å². The zero-order valence-electron chi connectivity index (χ0n) is 64.7. The average Bonchev–Trinajstić information content (AvgIpc) is 0.797. The minimum atomic E-state index is 0.925. The van der Waals surface area contributed by atoms with Gasteiger partial charge in [-0.3, -0.25) is 0 Å². The summed E-state index contributed by atoms with van der Waals surface area (Å²) in [6.07, 6.45) is 0. The zero-order chi connectivity index (χ0) is 76.7. The third kappa shape index (κ3) is 13.4. The first-order chi connectivity index (χ1) is 56.1. The molecular weight excluding hydrogens is 1360 g/mol. The van der Waals surface area contributed by atoms with Crippen LogP contribution in [-0.2, 0) is 0 Å². The molecule has 1 heterocycles. The Hall–Kier alpha value is -14.0. The van der Waals surface area contributed by atoms with Gasteiger partial charge in [-0.15, -0.1) is 0 Å². The van der Waals surface area contributed by atoms with Gasteiger partial charge in [-0.25, -0.2) is 0 Å². The fraction of sp³-hybridized carbons (Fsp3) is 0.0536. The highest BCUT2D eigenvalue weighted by Gasteiger charge is 2.22. The second-order valence-corrected chi connectivity index (χ2v) is 28.0. The molecule has 0 spiro atoms. The first kappa shape index (κ1) is 71.9. The van der Waals surface area contributed by atoms with Crippen molar-refractivity contribution in [3.05, 3.63) is 413 Å². The molecule has 1 heteroatoms. The van der Waals surface area contributed by atoms with Gasteiger partial charge in [0.2, 0.25) is 0 Å². The van der Waals surface area contributed by atoms with Gasteiger partial charge in [-0.05, 0) is 216 Å². The Bertz CT molecular complexity index is 7060. The van der Waals surface area contributed by atoms with E-state index in [2.05, 4.69) is 400 Å². The van der Waals surface area contributed by atoms with E-state index in [1.165, 1.54) is 186 Å². The number of rotatable bonds is 7.